The molecule has 0 unspecified atom stereocenters. The molecule has 6 nitrogen and oxygen atoms in total. The lowest BCUT2D eigenvalue weighted by molar-refractivity contribution is -0.213. The lowest BCUT2D eigenvalue weighted by Crippen LogP contribution is -2.49. The summed E-state index contributed by atoms with van der Waals surface area (Å²) in [5.41, 5.74) is 1.10. The number of hydrogen-bond acceptors (Lipinski definition) is 5. The highest BCUT2D eigenvalue weighted by molar-refractivity contribution is 5.80. The average molecular weight is 331 g/mol. The van der Waals surface area contributed by atoms with Gasteiger partial charge >= 0.3 is 0 Å². The van der Waals surface area contributed by atoms with Crippen LogP contribution in [-0.2, 0) is 20.9 Å². The quantitative estimate of drug-likeness (QED) is 0.845. The Kier molecular flexibility index (Phi) is 4.78. The van der Waals surface area contributed by atoms with Gasteiger partial charge in [-0.25, -0.2) is 5.06 Å². The second kappa shape index (κ2) is 7.17. The van der Waals surface area contributed by atoms with Crippen LogP contribution >= 0.6 is 0 Å². The number of rotatable bonds is 3. The molecular weight excluding hydrogens is 306 g/mol. The second-order valence-electron chi connectivity index (χ2n) is 6.87. The van der Waals surface area contributed by atoms with Crippen LogP contribution in [0.15, 0.2) is 24.4 Å². The summed E-state index contributed by atoms with van der Waals surface area (Å²) in [6.07, 6.45) is 6.47. The molecule has 0 spiro atoms. The predicted molar refractivity (Wildman–Crippen MR) is 87.8 cm³/mol. The maximum Gasteiger partial charge on any atom is 0.275 e. The van der Waals surface area contributed by atoms with Crippen molar-refractivity contribution < 1.29 is 14.4 Å². The molecule has 0 bridgehead atoms. The third-order valence-corrected chi connectivity index (χ3v) is 5.28. The number of hydroxylamine groups is 2. The summed E-state index contributed by atoms with van der Waals surface area (Å²) < 4.78 is 6.16. The van der Waals surface area contributed by atoms with Crippen molar-refractivity contribution in [3.05, 3.63) is 30.1 Å². The normalized spacial score (nSPS) is 31.0. The van der Waals surface area contributed by atoms with Gasteiger partial charge in [0, 0.05) is 31.9 Å². The summed E-state index contributed by atoms with van der Waals surface area (Å²) >= 11 is 0. The van der Waals surface area contributed by atoms with Crippen molar-refractivity contribution in [1.82, 2.24) is 14.9 Å². The van der Waals surface area contributed by atoms with Crippen molar-refractivity contribution >= 4 is 5.91 Å². The van der Waals surface area contributed by atoms with E-state index in [0.717, 1.165) is 50.9 Å². The first-order chi connectivity index (χ1) is 11.8. The number of ether oxygens (including phenoxy) is 1. The number of carbonyl (C=O) groups is 1. The fourth-order valence-corrected chi connectivity index (χ4v) is 4.02. The van der Waals surface area contributed by atoms with Gasteiger partial charge in [-0.05, 0) is 44.2 Å². The third kappa shape index (κ3) is 3.31. The van der Waals surface area contributed by atoms with E-state index in [0.29, 0.717) is 19.2 Å². The molecule has 4 heterocycles. The molecule has 0 aromatic carbocycles. The van der Waals surface area contributed by atoms with E-state index in [1.54, 1.807) is 0 Å². The molecule has 3 fully saturated rings. The predicted octanol–water partition coefficient (Wildman–Crippen LogP) is 1.76. The van der Waals surface area contributed by atoms with Crippen molar-refractivity contribution in [3.8, 4) is 0 Å². The van der Waals surface area contributed by atoms with E-state index in [2.05, 4.69) is 16.0 Å². The standard InChI is InChI=1S/C18H25N3O3/c22-18(21-10-3-4-12-23-21)17-7-6-15-16(24-17)8-11-20(15)13-14-5-1-2-9-19-14/h1-2,5,9,15-17H,3-4,6-8,10-13H2/t15-,16-,17+/m1/s1. The number of fused-ring (bicyclic) bond motifs is 1. The van der Waals surface area contributed by atoms with Gasteiger partial charge in [-0.1, -0.05) is 6.07 Å². The first-order valence-corrected chi connectivity index (χ1v) is 9.05. The van der Waals surface area contributed by atoms with Gasteiger partial charge in [0.25, 0.3) is 5.91 Å². The van der Waals surface area contributed by atoms with Crippen LogP contribution < -0.4 is 0 Å². The van der Waals surface area contributed by atoms with Crippen LogP contribution in [0.5, 0.6) is 0 Å². The van der Waals surface area contributed by atoms with Crippen molar-refractivity contribution in [2.45, 2.75) is 56.9 Å². The molecule has 1 amide bonds. The second-order valence-corrected chi connectivity index (χ2v) is 6.87. The van der Waals surface area contributed by atoms with Gasteiger partial charge in [0.2, 0.25) is 0 Å². The van der Waals surface area contributed by atoms with Gasteiger partial charge in [-0.2, -0.15) is 0 Å². The van der Waals surface area contributed by atoms with Crippen LogP contribution in [0.4, 0.5) is 0 Å². The molecule has 1 aromatic heterocycles. The molecule has 0 saturated carbocycles. The summed E-state index contributed by atoms with van der Waals surface area (Å²) in [4.78, 5) is 24.9. The van der Waals surface area contributed by atoms with E-state index in [4.69, 9.17) is 9.57 Å². The summed E-state index contributed by atoms with van der Waals surface area (Å²) in [7, 11) is 0. The number of pyridine rings is 1. The molecule has 130 valence electrons. The molecule has 24 heavy (non-hydrogen) atoms. The van der Waals surface area contributed by atoms with E-state index in [1.165, 1.54) is 5.06 Å². The zero-order valence-electron chi connectivity index (χ0n) is 14.0. The van der Waals surface area contributed by atoms with E-state index in [9.17, 15) is 4.79 Å². The Labute approximate surface area is 142 Å². The molecule has 3 aliphatic rings. The maximum atomic E-state index is 12.6. The zero-order valence-corrected chi connectivity index (χ0v) is 14.0. The summed E-state index contributed by atoms with van der Waals surface area (Å²) in [5, 5.41) is 1.52. The van der Waals surface area contributed by atoms with Gasteiger partial charge in [-0.3, -0.25) is 19.5 Å². The highest BCUT2D eigenvalue weighted by atomic mass is 16.7. The molecule has 3 atom stereocenters. The van der Waals surface area contributed by atoms with Crippen LogP contribution in [-0.4, -0.2) is 58.8 Å². The minimum absolute atomic E-state index is 0.0105. The smallest absolute Gasteiger partial charge is 0.275 e. The lowest BCUT2D eigenvalue weighted by atomic mass is 9.98. The maximum absolute atomic E-state index is 12.6. The van der Waals surface area contributed by atoms with Crippen LogP contribution in [0.25, 0.3) is 0 Å². The topological polar surface area (TPSA) is 54.9 Å². The van der Waals surface area contributed by atoms with E-state index >= 15 is 0 Å². The zero-order chi connectivity index (χ0) is 16.4. The Balaban J connectivity index is 1.34. The number of amides is 1. The summed E-state index contributed by atoms with van der Waals surface area (Å²) in [6, 6.07) is 6.44. The minimum Gasteiger partial charge on any atom is -0.363 e. The minimum atomic E-state index is -0.334. The van der Waals surface area contributed by atoms with Crippen molar-refractivity contribution in [1.29, 1.82) is 0 Å². The van der Waals surface area contributed by atoms with Crippen LogP contribution in [0.3, 0.4) is 0 Å². The monoisotopic (exact) mass is 331 g/mol. The summed E-state index contributed by atoms with van der Waals surface area (Å²) in [6.45, 7) is 3.20. The number of carbonyl (C=O) groups excluding carboxylic acids is 1. The van der Waals surface area contributed by atoms with Gasteiger partial charge in [-0.15, -0.1) is 0 Å². The third-order valence-electron chi connectivity index (χ3n) is 5.28. The number of nitrogens with zero attached hydrogens (tertiary/aromatic N) is 3. The van der Waals surface area contributed by atoms with Gasteiger partial charge in [0.05, 0.1) is 18.4 Å². The Hall–Kier alpha value is -1.50. The Morgan fingerprint density at radius 1 is 1.21 bits per heavy atom. The first kappa shape index (κ1) is 16.0. The van der Waals surface area contributed by atoms with E-state index in [-0.39, 0.29) is 18.1 Å². The molecular formula is C18H25N3O3. The first-order valence-electron chi connectivity index (χ1n) is 9.05. The highest BCUT2D eigenvalue weighted by Gasteiger charge is 2.42. The van der Waals surface area contributed by atoms with Crippen molar-refractivity contribution in [2.24, 2.45) is 0 Å². The number of hydrogen-bond donors (Lipinski definition) is 0. The Morgan fingerprint density at radius 3 is 2.96 bits per heavy atom. The van der Waals surface area contributed by atoms with E-state index < -0.39 is 0 Å². The average Bonchev–Trinajstić information content (AvgIpc) is 3.05. The largest absolute Gasteiger partial charge is 0.363 e. The molecule has 0 radical (unpaired) electrons. The molecule has 4 rings (SSSR count). The Bertz CT molecular complexity index is 562. The number of aromatic nitrogens is 1. The van der Waals surface area contributed by atoms with Crippen LogP contribution in [0.2, 0.25) is 0 Å². The highest BCUT2D eigenvalue weighted by Crippen LogP contribution is 2.33. The van der Waals surface area contributed by atoms with Crippen LogP contribution in [0, 0.1) is 0 Å². The Morgan fingerprint density at radius 2 is 2.17 bits per heavy atom. The molecule has 6 heteroatoms. The van der Waals surface area contributed by atoms with Gasteiger partial charge < -0.3 is 4.74 Å². The fraction of sp³-hybridized carbons (Fsp3) is 0.667. The fourth-order valence-electron chi connectivity index (χ4n) is 4.02. The van der Waals surface area contributed by atoms with Crippen molar-refractivity contribution in [3.63, 3.8) is 0 Å². The van der Waals surface area contributed by atoms with E-state index in [1.807, 2.05) is 18.3 Å². The SMILES string of the molecule is O=C([C@@H]1CC[C@@H]2[C@@H](CCN2Cc2ccccn2)O1)N1CCCCO1. The van der Waals surface area contributed by atoms with Crippen molar-refractivity contribution in [2.75, 3.05) is 19.7 Å². The lowest BCUT2D eigenvalue weighted by Gasteiger charge is -2.37. The van der Waals surface area contributed by atoms with Crippen LogP contribution in [0.1, 0.15) is 37.8 Å². The molecule has 3 saturated heterocycles. The number of likely N-dealkylation sites (tertiary alicyclic amines) is 1. The molecule has 1 aromatic rings. The van der Waals surface area contributed by atoms with Gasteiger partial charge in [0.1, 0.15) is 6.10 Å². The van der Waals surface area contributed by atoms with Gasteiger partial charge in [0.15, 0.2) is 0 Å². The molecule has 3 aliphatic heterocycles. The molecule has 0 N–H and O–H groups in total. The molecule has 0 aliphatic carbocycles. The summed E-state index contributed by atoms with van der Waals surface area (Å²) in [5.74, 6) is 0.0105.